The molecule has 2 heterocycles. The molecule has 4 rings (SSSR count). The summed E-state index contributed by atoms with van der Waals surface area (Å²) in [5, 5.41) is 1.66. The Morgan fingerprint density at radius 2 is 1.74 bits per heavy atom. The maximum atomic E-state index is 6.03. The lowest BCUT2D eigenvalue weighted by Crippen LogP contribution is -1.95. The molecule has 2 aromatic carbocycles. The van der Waals surface area contributed by atoms with Crippen LogP contribution in [0.15, 0.2) is 84.3 Å². The Kier molecular flexibility index (Phi) is 5.28. The summed E-state index contributed by atoms with van der Waals surface area (Å²) in [6.07, 6.45) is 3.90. The molecule has 0 bridgehead atoms. The van der Waals surface area contributed by atoms with Gasteiger partial charge in [0.05, 0.1) is 11.4 Å². The van der Waals surface area contributed by atoms with E-state index in [9.17, 15) is 0 Å². The zero-order chi connectivity index (χ0) is 18.6. The van der Waals surface area contributed by atoms with Crippen molar-refractivity contribution >= 4 is 23.4 Å². The Balaban J connectivity index is 1.70. The van der Waals surface area contributed by atoms with Crippen molar-refractivity contribution in [2.75, 3.05) is 0 Å². The summed E-state index contributed by atoms with van der Waals surface area (Å²) in [5.74, 6) is 0.768. The minimum Gasteiger partial charge on any atom is -0.294 e. The largest absolute Gasteiger partial charge is 0.294 e. The Hall–Kier alpha value is -2.56. The number of pyridine rings is 1. The average molecular weight is 392 g/mol. The summed E-state index contributed by atoms with van der Waals surface area (Å²) in [7, 11) is 0. The highest BCUT2D eigenvalue weighted by Gasteiger charge is 2.12. The molecule has 2 aromatic heterocycles. The zero-order valence-corrected chi connectivity index (χ0v) is 16.4. The van der Waals surface area contributed by atoms with Gasteiger partial charge in [-0.25, -0.2) is 4.98 Å². The van der Waals surface area contributed by atoms with Crippen molar-refractivity contribution in [3.8, 4) is 16.9 Å². The summed E-state index contributed by atoms with van der Waals surface area (Å²) in [6.45, 7) is 2.09. The second-order valence-corrected chi connectivity index (χ2v) is 7.61. The van der Waals surface area contributed by atoms with E-state index in [0.29, 0.717) is 0 Å². The predicted octanol–water partition coefficient (Wildman–Crippen LogP) is 6.19. The highest BCUT2D eigenvalue weighted by Crippen LogP contribution is 2.29. The summed E-state index contributed by atoms with van der Waals surface area (Å²) in [5.41, 5.74) is 5.34. The van der Waals surface area contributed by atoms with Crippen molar-refractivity contribution in [3.05, 3.63) is 95.4 Å². The van der Waals surface area contributed by atoms with Gasteiger partial charge in [0.15, 0.2) is 5.16 Å². The summed E-state index contributed by atoms with van der Waals surface area (Å²) in [6, 6.07) is 22.2. The lowest BCUT2D eigenvalue weighted by molar-refractivity contribution is 0.894. The van der Waals surface area contributed by atoms with Gasteiger partial charge >= 0.3 is 0 Å². The van der Waals surface area contributed by atoms with Gasteiger partial charge in [0, 0.05) is 34.4 Å². The quantitative estimate of drug-likeness (QED) is 0.380. The van der Waals surface area contributed by atoms with E-state index in [4.69, 9.17) is 16.6 Å². The number of thioether (sulfide) groups is 1. The lowest BCUT2D eigenvalue weighted by Gasteiger charge is -2.07. The molecule has 134 valence electrons. The zero-order valence-electron chi connectivity index (χ0n) is 14.8. The van der Waals surface area contributed by atoms with Gasteiger partial charge in [-0.3, -0.25) is 9.55 Å². The summed E-state index contributed by atoms with van der Waals surface area (Å²) in [4.78, 5) is 9.29. The molecule has 5 heteroatoms. The van der Waals surface area contributed by atoms with Crippen molar-refractivity contribution in [1.29, 1.82) is 0 Å². The maximum Gasteiger partial charge on any atom is 0.173 e. The number of hydrogen-bond acceptors (Lipinski definition) is 3. The Morgan fingerprint density at radius 1 is 0.963 bits per heavy atom. The van der Waals surface area contributed by atoms with Crippen molar-refractivity contribution in [1.82, 2.24) is 14.5 Å². The first-order chi connectivity index (χ1) is 13.2. The van der Waals surface area contributed by atoms with Crippen LogP contribution in [0, 0.1) is 6.92 Å². The number of aryl methyl sites for hydroxylation is 1. The van der Waals surface area contributed by atoms with Crippen LogP contribution in [0.4, 0.5) is 0 Å². The molecule has 0 unspecified atom stereocenters. The molecule has 0 N–H and O–H groups in total. The molecule has 0 aliphatic heterocycles. The number of rotatable bonds is 5. The van der Waals surface area contributed by atoms with Crippen LogP contribution in [0.2, 0.25) is 5.02 Å². The number of aromatic nitrogens is 3. The van der Waals surface area contributed by atoms with Crippen LogP contribution < -0.4 is 0 Å². The standard InChI is InChI=1S/C22H18ClN3S/c1-16-5-11-20(12-6-16)26-14-21(17-7-9-18(23)10-8-17)25-22(26)27-15-19-4-2-3-13-24-19/h2-14H,15H2,1H3. The van der Waals surface area contributed by atoms with Crippen molar-refractivity contribution in [2.24, 2.45) is 0 Å². The van der Waals surface area contributed by atoms with E-state index >= 15 is 0 Å². The first-order valence-corrected chi connectivity index (χ1v) is 10.0. The molecule has 0 fully saturated rings. The molecule has 0 aliphatic rings. The normalized spacial score (nSPS) is 10.9. The van der Waals surface area contributed by atoms with Crippen molar-refractivity contribution in [3.63, 3.8) is 0 Å². The van der Waals surface area contributed by atoms with Gasteiger partial charge in [-0.1, -0.05) is 59.3 Å². The molecule has 3 nitrogen and oxygen atoms in total. The third kappa shape index (κ3) is 4.24. The third-order valence-corrected chi connectivity index (χ3v) is 5.44. The van der Waals surface area contributed by atoms with Crippen LogP contribution in [0.5, 0.6) is 0 Å². The number of nitrogens with zero attached hydrogens (tertiary/aromatic N) is 3. The van der Waals surface area contributed by atoms with Crippen molar-refractivity contribution in [2.45, 2.75) is 17.8 Å². The molecule has 0 saturated heterocycles. The second-order valence-electron chi connectivity index (χ2n) is 6.23. The van der Waals surface area contributed by atoms with E-state index < -0.39 is 0 Å². The number of imidazole rings is 1. The highest BCUT2D eigenvalue weighted by atomic mass is 35.5. The van der Waals surface area contributed by atoms with E-state index in [-0.39, 0.29) is 0 Å². The van der Waals surface area contributed by atoms with Crippen LogP contribution in [0.3, 0.4) is 0 Å². The topological polar surface area (TPSA) is 30.7 Å². The van der Waals surface area contributed by atoms with E-state index in [0.717, 1.165) is 38.6 Å². The minimum atomic E-state index is 0.724. The van der Waals surface area contributed by atoms with Crippen LogP contribution in [0.25, 0.3) is 16.9 Å². The lowest BCUT2D eigenvalue weighted by atomic mass is 10.2. The summed E-state index contributed by atoms with van der Waals surface area (Å²) < 4.78 is 2.14. The minimum absolute atomic E-state index is 0.724. The highest BCUT2D eigenvalue weighted by molar-refractivity contribution is 7.98. The Morgan fingerprint density at radius 3 is 2.44 bits per heavy atom. The molecule has 0 atom stereocenters. The van der Waals surface area contributed by atoms with E-state index in [2.05, 4.69) is 46.9 Å². The fraction of sp³-hybridized carbons (Fsp3) is 0.0909. The van der Waals surface area contributed by atoms with E-state index in [1.807, 2.05) is 48.7 Å². The van der Waals surface area contributed by atoms with Gasteiger partial charge in [0.2, 0.25) is 0 Å². The Bertz CT molecular complexity index is 1030. The SMILES string of the molecule is Cc1ccc(-n2cc(-c3ccc(Cl)cc3)nc2SCc2ccccn2)cc1. The number of halogens is 1. The van der Waals surface area contributed by atoms with Gasteiger partial charge in [-0.2, -0.15) is 0 Å². The molecule has 27 heavy (non-hydrogen) atoms. The van der Waals surface area contributed by atoms with E-state index in [1.165, 1.54) is 5.56 Å². The van der Waals surface area contributed by atoms with Gasteiger partial charge in [0.1, 0.15) is 0 Å². The van der Waals surface area contributed by atoms with Gasteiger partial charge in [-0.05, 0) is 43.3 Å². The van der Waals surface area contributed by atoms with Crippen LogP contribution in [0.1, 0.15) is 11.3 Å². The fourth-order valence-electron chi connectivity index (χ4n) is 2.74. The smallest absolute Gasteiger partial charge is 0.173 e. The van der Waals surface area contributed by atoms with Crippen LogP contribution in [-0.4, -0.2) is 14.5 Å². The van der Waals surface area contributed by atoms with Gasteiger partial charge < -0.3 is 0 Å². The predicted molar refractivity (Wildman–Crippen MR) is 113 cm³/mol. The molecule has 0 saturated carbocycles. The molecule has 0 amide bonds. The van der Waals surface area contributed by atoms with Crippen LogP contribution >= 0.6 is 23.4 Å². The van der Waals surface area contributed by atoms with Crippen molar-refractivity contribution < 1.29 is 0 Å². The third-order valence-electron chi connectivity index (χ3n) is 4.20. The van der Waals surface area contributed by atoms with Gasteiger partial charge in [-0.15, -0.1) is 0 Å². The second kappa shape index (κ2) is 7.99. The molecule has 0 aliphatic carbocycles. The molecular formula is C22H18ClN3S. The van der Waals surface area contributed by atoms with Crippen LogP contribution in [-0.2, 0) is 5.75 Å². The fourth-order valence-corrected chi connectivity index (χ4v) is 3.77. The summed E-state index contributed by atoms with van der Waals surface area (Å²) >= 11 is 7.71. The molecule has 0 radical (unpaired) electrons. The van der Waals surface area contributed by atoms with Gasteiger partial charge in [0.25, 0.3) is 0 Å². The first-order valence-electron chi connectivity index (χ1n) is 8.64. The molecule has 4 aromatic rings. The average Bonchev–Trinajstić information content (AvgIpc) is 3.12. The first kappa shape index (κ1) is 17.8. The molecular weight excluding hydrogens is 374 g/mol. The van der Waals surface area contributed by atoms with E-state index in [1.54, 1.807) is 11.8 Å². The number of benzene rings is 2. The number of hydrogen-bond donors (Lipinski definition) is 0. The monoisotopic (exact) mass is 391 g/mol. The Labute approximate surface area is 168 Å². The molecule has 0 spiro atoms. The maximum absolute atomic E-state index is 6.03.